The summed E-state index contributed by atoms with van der Waals surface area (Å²) in [7, 11) is 2.84. The first kappa shape index (κ1) is 26.2. The van der Waals surface area contributed by atoms with Crippen LogP contribution in [0.15, 0.2) is 64.9 Å². The highest BCUT2D eigenvalue weighted by Gasteiger charge is 2.18. The molecule has 0 saturated heterocycles. The molecular formula is C25H22BrN3O7. The van der Waals surface area contributed by atoms with Gasteiger partial charge in [0.05, 0.1) is 19.8 Å². The van der Waals surface area contributed by atoms with Crippen LogP contribution in [-0.2, 0) is 11.3 Å². The van der Waals surface area contributed by atoms with Crippen LogP contribution in [0.2, 0.25) is 0 Å². The van der Waals surface area contributed by atoms with E-state index in [9.17, 15) is 24.6 Å². The average molecular weight is 556 g/mol. The number of benzene rings is 2. The minimum absolute atomic E-state index is 0.0938. The number of rotatable bonds is 9. The van der Waals surface area contributed by atoms with Gasteiger partial charge in [0, 0.05) is 34.4 Å². The van der Waals surface area contributed by atoms with E-state index in [0.29, 0.717) is 15.8 Å². The Morgan fingerprint density at radius 2 is 1.83 bits per heavy atom. The van der Waals surface area contributed by atoms with E-state index in [-0.39, 0.29) is 29.3 Å². The van der Waals surface area contributed by atoms with Crippen molar-refractivity contribution in [3.05, 3.63) is 87.2 Å². The van der Waals surface area contributed by atoms with E-state index >= 15 is 0 Å². The summed E-state index contributed by atoms with van der Waals surface area (Å²) >= 11 is 3.27. The fourth-order valence-electron chi connectivity index (χ4n) is 3.11. The first-order chi connectivity index (χ1) is 17.2. The number of hydrogen-bond donors (Lipinski definition) is 4. The largest absolute Gasteiger partial charge is 0.508 e. The van der Waals surface area contributed by atoms with Crippen molar-refractivity contribution in [2.45, 2.75) is 6.54 Å². The van der Waals surface area contributed by atoms with Gasteiger partial charge < -0.3 is 30.3 Å². The number of carbonyl (C=O) groups is 3. The van der Waals surface area contributed by atoms with Gasteiger partial charge in [0.1, 0.15) is 17.2 Å². The lowest BCUT2D eigenvalue weighted by atomic mass is 10.1. The first-order valence-electron chi connectivity index (χ1n) is 10.4. The summed E-state index contributed by atoms with van der Waals surface area (Å²) in [5.74, 6) is -1.80. The highest BCUT2D eigenvalue weighted by molar-refractivity contribution is 9.10. The van der Waals surface area contributed by atoms with Gasteiger partial charge in [-0.05, 0) is 57.9 Å². The predicted octanol–water partition coefficient (Wildman–Crippen LogP) is 3.35. The van der Waals surface area contributed by atoms with Crippen molar-refractivity contribution in [1.29, 1.82) is 0 Å². The molecule has 0 aliphatic heterocycles. The number of carbonyl (C=O) groups excluding carboxylic acids is 2. The molecule has 0 bridgehead atoms. The van der Waals surface area contributed by atoms with Crippen LogP contribution in [0.1, 0.15) is 31.8 Å². The zero-order chi connectivity index (χ0) is 26.2. The number of carboxylic acid groups (broad SMARTS) is 1. The third-order valence-electron chi connectivity index (χ3n) is 4.92. The van der Waals surface area contributed by atoms with Crippen LogP contribution in [0.3, 0.4) is 0 Å². The van der Waals surface area contributed by atoms with Crippen molar-refractivity contribution in [1.82, 2.24) is 15.6 Å². The number of hydrogen-bond acceptors (Lipinski definition) is 7. The molecule has 4 N–H and O–H groups in total. The van der Waals surface area contributed by atoms with E-state index in [1.807, 2.05) is 0 Å². The van der Waals surface area contributed by atoms with E-state index in [4.69, 9.17) is 9.47 Å². The van der Waals surface area contributed by atoms with Crippen LogP contribution < -0.4 is 20.1 Å². The quantitative estimate of drug-likeness (QED) is 0.294. The van der Waals surface area contributed by atoms with Crippen molar-refractivity contribution in [3.63, 3.8) is 0 Å². The molecule has 1 heterocycles. The van der Waals surface area contributed by atoms with Gasteiger partial charge >= 0.3 is 5.97 Å². The Kier molecular flexibility index (Phi) is 8.63. The van der Waals surface area contributed by atoms with Gasteiger partial charge in [0.2, 0.25) is 5.88 Å². The number of aliphatic carboxylic acids is 1. The second kappa shape index (κ2) is 11.8. The molecule has 2 aromatic carbocycles. The number of phenols is 1. The lowest BCUT2D eigenvalue weighted by Gasteiger charge is -2.11. The van der Waals surface area contributed by atoms with Crippen LogP contribution in [0.4, 0.5) is 0 Å². The summed E-state index contributed by atoms with van der Waals surface area (Å²) in [6.45, 7) is 0.198. The number of aromatic hydroxyl groups is 1. The maximum absolute atomic E-state index is 12.8. The maximum Gasteiger partial charge on any atom is 0.352 e. The third kappa shape index (κ3) is 6.60. The van der Waals surface area contributed by atoms with Crippen LogP contribution in [0.25, 0.3) is 6.08 Å². The topological polar surface area (TPSA) is 147 Å². The molecule has 36 heavy (non-hydrogen) atoms. The van der Waals surface area contributed by atoms with Crippen molar-refractivity contribution in [3.8, 4) is 17.4 Å². The van der Waals surface area contributed by atoms with E-state index in [1.165, 1.54) is 62.9 Å². The fraction of sp³-hybridized carbons (Fsp3) is 0.120. The van der Waals surface area contributed by atoms with Crippen LogP contribution in [-0.4, -0.2) is 47.2 Å². The smallest absolute Gasteiger partial charge is 0.352 e. The van der Waals surface area contributed by atoms with E-state index in [0.717, 1.165) is 5.56 Å². The van der Waals surface area contributed by atoms with Gasteiger partial charge in [0.15, 0.2) is 0 Å². The van der Waals surface area contributed by atoms with Crippen LogP contribution in [0.5, 0.6) is 17.4 Å². The molecule has 10 nitrogen and oxygen atoms in total. The summed E-state index contributed by atoms with van der Waals surface area (Å²) in [4.78, 5) is 41.1. The molecule has 0 unspecified atom stereocenters. The van der Waals surface area contributed by atoms with Gasteiger partial charge in [0.25, 0.3) is 11.8 Å². The summed E-state index contributed by atoms with van der Waals surface area (Å²) in [6, 6.07) is 12.3. The lowest BCUT2D eigenvalue weighted by Crippen LogP contribution is -2.28. The summed E-state index contributed by atoms with van der Waals surface area (Å²) < 4.78 is 10.6. The molecule has 0 aliphatic rings. The highest BCUT2D eigenvalue weighted by Crippen LogP contribution is 2.25. The van der Waals surface area contributed by atoms with Crippen molar-refractivity contribution >= 4 is 39.8 Å². The average Bonchev–Trinajstić information content (AvgIpc) is 2.86. The Bertz CT molecular complexity index is 1340. The number of aromatic nitrogens is 1. The Balaban J connectivity index is 1.75. The highest BCUT2D eigenvalue weighted by atomic mass is 79.9. The second-order valence-corrected chi connectivity index (χ2v) is 8.19. The molecule has 186 valence electrons. The monoisotopic (exact) mass is 555 g/mol. The van der Waals surface area contributed by atoms with Gasteiger partial charge in [-0.1, -0.05) is 12.1 Å². The van der Waals surface area contributed by atoms with Crippen molar-refractivity contribution in [2.24, 2.45) is 0 Å². The van der Waals surface area contributed by atoms with E-state index in [2.05, 4.69) is 31.5 Å². The second-order valence-electron chi connectivity index (χ2n) is 7.33. The zero-order valence-electron chi connectivity index (χ0n) is 19.2. The number of nitrogens with one attached hydrogen (secondary N) is 2. The zero-order valence-corrected chi connectivity index (χ0v) is 20.8. The lowest BCUT2D eigenvalue weighted by molar-refractivity contribution is -0.132. The maximum atomic E-state index is 12.8. The number of carboxylic acids is 1. The number of methoxy groups -OCH3 is 2. The fourth-order valence-corrected chi connectivity index (χ4v) is 3.67. The molecular weight excluding hydrogens is 534 g/mol. The number of halogens is 1. The van der Waals surface area contributed by atoms with Crippen LogP contribution in [0, 0.1) is 0 Å². The minimum Gasteiger partial charge on any atom is -0.508 e. The summed E-state index contributed by atoms with van der Waals surface area (Å²) in [5, 5.41) is 24.2. The molecule has 0 fully saturated rings. The molecule has 11 heteroatoms. The number of pyridine rings is 1. The van der Waals surface area contributed by atoms with Gasteiger partial charge in [-0.25, -0.2) is 9.78 Å². The number of amides is 2. The summed E-state index contributed by atoms with van der Waals surface area (Å²) in [5.41, 5.74) is 1.02. The molecule has 0 aliphatic carbocycles. The Labute approximate surface area is 214 Å². The molecule has 0 saturated carbocycles. The van der Waals surface area contributed by atoms with Gasteiger partial charge in [-0.3, -0.25) is 9.59 Å². The molecule has 0 radical (unpaired) electrons. The Morgan fingerprint density at radius 3 is 2.47 bits per heavy atom. The molecule has 0 spiro atoms. The van der Waals surface area contributed by atoms with E-state index < -0.39 is 23.5 Å². The predicted molar refractivity (Wildman–Crippen MR) is 134 cm³/mol. The van der Waals surface area contributed by atoms with Gasteiger partial charge in [-0.15, -0.1) is 0 Å². The first-order valence-corrected chi connectivity index (χ1v) is 11.2. The number of nitrogens with zero attached hydrogens (tertiary/aromatic N) is 1. The third-order valence-corrected chi connectivity index (χ3v) is 5.57. The Morgan fingerprint density at radius 1 is 1.06 bits per heavy atom. The molecule has 3 rings (SSSR count). The van der Waals surface area contributed by atoms with Gasteiger partial charge in [-0.2, -0.15) is 0 Å². The van der Waals surface area contributed by atoms with Crippen molar-refractivity contribution in [2.75, 3.05) is 14.2 Å². The standard InChI is InChI=1S/C25H22BrN3O7/c1-35-21-11-22(36-2)27-13-16(21)10-20(25(33)34)29-24(32)18-7-6-15(9-19(18)26)23(31)28-12-14-4-3-5-17(30)8-14/h3-11,13,30H,12H2,1-2H3,(H,28,31)(H,29,32)(H,33,34)/b20-10-. The summed E-state index contributed by atoms with van der Waals surface area (Å²) in [6.07, 6.45) is 2.56. The number of phenolic OH excluding ortho intramolecular Hbond substituents is 1. The van der Waals surface area contributed by atoms with Crippen LogP contribution >= 0.6 is 15.9 Å². The molecule has 2 amide bonds. The normalized spacial score (nSPS) is 10.9. The molecule has 1 aromatic heterocycles. The van der Waals surface area contributed by atoms with E-state index in [1.54, 1.807) is 12.1 Å². The minimum atomic E-state index is -1.37. The Hall–Kier alpha value is -4.38. The SMILES string of the molecule is COc1cc(OC)c(/C=C(\NC(=O)c2ccc(C(=O)NCc3cccc(O)c3)cc2Br)C(=O)O)cn1. The number of ether oxygens (including phenoxy) is 2. The van der Waals surface area contributed by atoms with Crippen molar-refractivity contribution < 1.29 is 34.1 Å². The molecule has 3 aromatic rings. The molecule has 0 atom stereocenters.